The van der Waals surface area contributed by atoms with Crippen molar-refractivity contribution in [2.45, 2.75) is 77.2 Å². The summed E-state index contributed by atoms with van der Waals surface area (Å²) in [4.78, 5) is 35.8. The van der Waals surface area contributed by atoms with Crippen LogP contribution in [0.25, 0.3) is 0 Å². The third kappa shape index (κ3) is 10.4. The molecule has 12 heteroatoms. The average Bonchev–Trinajstić information content (AvgIpc) is 3.81. The van der Waals surface area contributed by atoms with Crippen LogP contribution in [0.3, 0.4) is 0 Å². The zero-order valence-electron chi connectivity index (χ0n) is 23.2. The van der Waals surface area contributed by atoms with Gasteiger partial charge in [0.2, 0.25) is 11.8 Å². The number of amides is 3. The fraction of sp³-hybridized carbons (Fsp3) is 0.483. The van der Waals surface area contributed by atoms with Gasteiger partial charge < -0.3 is 26.4 Å². The Kier molecular flexibility index (Phi) is 11.3. The highest BCUT2D eigenvalue weighted by atomic mass is 35.5. The molecule has 0 aromatic heterocycles. The maximum Gasteiger partial charge on any atom is 0.408 e. The lowest BCUT2D eigenvalue weighted by atomic mass is 10.1. The number of hydrogen-bond acceptors (Lipinski definition) is 5. The zero-order valence-corrected chi connectivity index (χ0v) is 24.8. The molecule has 0 radical (unpaired) electrons. The van der Waals surface area contributed by atoms with Crippen LogP contribution in [0.1, 0.15) is 57.6 Å². The summed E-state index contributed by atoms with van der Waals surface area (Å²) in [6, 6.07) is 8.16. The van der Waals surface area contributed by atoms with E-state index in [1.54, 1.807) is 45.0 Å². The third-order valence-electron chi connectivity index (χ3n) is 6.45. The molecule has 3 amide bonds. The van der Waals surface area contributed by atoms with Gasteiger partial charge in [0.15, 0.2) is 0 Å². The van der Waals surface area contributed by atoms with Gasteiger partial charge in [-0.2, -0.15) is 0 Å². The highest BCUT2D eigenvalue weighted by Crippen LogP contribution is 2.33. The number of halogens is 4. The van der Waals surface area contributed by atoms with E-state index in [9.17, 15) is 23.2 Å². The Labute approximate surface area is 248 Å². The third-order valence-corrected chi connectivity index (χ3v) is 7.03. The maximum absolute atomic E-state index is 13.8. The molecule has 41 heavy (non-hydrogen) atoms. The molecule has 2 atom stereocenters. The summed E-state index contributed by atoms with van der Waals surface area (Å²) in [5.41, 5.74) is 5.75. The van der Waals surface area contributed by atoms with E-state index in [1.165, 1.54) is 12.1 Å². The molecule has 2 fully saturated rings. The molecule has 5 N–H and O–H groups in total. The Hall–Kier alpha value is -2.95. The molecule has 4 rings (SSSR count). The molecule has 0 unspecified atom stereocenters. The Morgan fingerprint density at radius 2 is 1.34 bits per heavy atom. The van der Waals surface area contributed by atoms with Crippen molar-refractivity contribution < 1.29 is 27.9 Å². The molecule has 0 aliphatic heterocycles. The molecule has 2 aromatic rings. The van der Waals surface area contributed by atoms with Crippen molar-refractivity contribution in [2.75, 3.05) is 0 Å². The molecule has 0 spiro atoms. The van der Waals surface area contributed by atoms with E-state index in [2.05, 4.69) is 16.0 Å². The first-order valence-electron chi connectivity index (χ1n) is 13.4. The van der Waals surface area contributed by atoms with Crippen LogP contribution < -0.4 is 21.7 Å². The number of carbonyl (C=O) groups excluding carboxylic acids is 3. The standard InChI is InChI=1S/C17H22ClFN2O3.C12H14ClFN2O/c1-17(2,3)24-16(23)21-14(10-7-8-10)15(22)20-9-11-5-4-6-12(18)13(11)19;13-9-3-1-2-8(10(9)14)6-16-12(17)11(15)7-4-5-7/h4-6,10,14H,7-9H2,1-3H3,(H,20,22)(H,21,23);1-3,7,11H,4-6,15H2,(H,16,17)/t14-;11-/m00/s1. The van der Waals surface area contributed by atoms with Crippen molar-refractivity contribution in [3.63, 3.8) is 0 Å². The Morgan fingerprint density at radius 3 is 1.78 bits per heavy atom. The van der Waals surface area contributed by atoms with Crippen LogP contribution in [-0.2, 0) is 27.4 Å². The van der Waals surface area contributed by atoms with Gasteiger partial charge in [0.1, 0.15) is 23.3 Å². The lowest BCUT2D eigenvalue weighted by Crippen LogP contribution is -2.49. The van der Waals surface area contributed by atoms with E-state index in [1.807, 2.05) is 0 Å². The summed E-state index contributed by atoms with van der Waals surface area (Å²) in [5.74, 6) is -1.26. The van der Waals surface area contributed by atoms with Crippen molar-refractivity contribution in [1.29, 1.82) is 0 Å². The van der Waals surface area contributed by atoms with Gasteiger partial charge in [0.05, 0.1) is 16.1 Å². The van der Waals surface area contributed by atoms with Crippen LogP contribution in [-0.4, -0.2) is 35.6 Å². The molecule has 224 valence electrons. The Bertz CT molecular complexity index is 1250. The van der Waals surface area contributed by atoms with Crippen molar-refractivity contribution in [1.82, 2.24) is 16.0 Å². The fourth-order valence-electron chi connectivity index (χ4n) is 3.89. The quantitative estimate of drug-likeness (QED) is 0.309. The van der Waals surface area contributed by atoms with Gasteiger partial charge in [-0.05, 0) is 70.4 Å². The summed E-state index contributed by atoms with van der Waals surface area (Å²) in [6.07, 6.45) is 3.09. The normalized spacial score (nSPS) is 16.0. The summed E-state index contributed by atoms with van der Waals surface area (Å²) < 4.78 is 32.5. The van der Waals surface area contributed by atoms with E-state index >= 15 is 0 Å². The van der Waals surface area contributed by atoms with Gasteiger partial charge in [-0.15, -0.1) is 0 Å². The summed E-state index contributed by atoms with van der Waals surface area (Å²) >= 11 is 11.4. The smallest absolute Gasteiger partial charge is 0.408 e. The van der Waals surface area contributed by atoms with E-state index in [0.717, 1.165) is 25.7 Å². The highest BCUT2D eigenvalue weighted by Gasteiger charge is 2.38. The Balaban J connectivity index is 0.000000239. The fourth-order valence-corrected chi connectivity index (χ4v) is 4.28. The molecular weight excluding hydrogens is 577 g/mol. The van der Waals surface area contributed by atoms with Crippen LogP contribution in [0.4, 0.5) is 13.6 Å². The molecule has 0 saturated heterocycles. The highest BCUT2D eigenvalue weighted by molar-refractivity contribution is 6.31. The molecule has 0 bridgehead atoms. The molecule has 0 heterocycles. The second kappa shape index (κ2) is 14.3. The minimum Gasteiger partial charge on any atom is -0.444 e. The van der Waals surface area contributed by atoms with Gasteiger partial charge in [-0.1, -0.05) is 47.5 Å². The van der Waals surface area contributed by atoms with Crippen LogP contribution in [0.15, 0.2) is 36.4 Å². The molecule has 2 aliphatic carbocycles. The SMILES string of the molecule is CC(C)(C)OC(=O)N[C@H](C(=O)NCc1cccc(Cl)c1F)C1CC1.N[C@H](C(=O)NCc1cccc(Cl)c1F)C1CC1. The van der Waals surface area contributed by atoms with Crippen molar-refractivity contribution in [2.24, 2.45) is 17.6 Å². The van der Waals surface area contributed by atoms with E-state index in [0.29, 0.717) is 17.0 Å². The van der Waals surface area contributed by atoms with E-state index in [-0.39, 0.29) is 40.9 Å². The van der Waals surface area contributed by atoms with Gasteiger partial charge in [0, 0.05) is 24.2 Å². The van der Waals surface area contributed by atoms with E-state index < -0.39 is 35.4 Å². The van der Waals surface area contributed by atoms with Crippen molar-refractivity contribution in [3.05, 3.63) is 69.2 Å². The average molecular weight is 614 g/mol. The molecule has 2 aromatic carbocycles. The van der Waals surface area contributed by atoms with Gasteiger partial charge in [0.25, 0.3) is 0 Å². The van der Waals surface area contributed by atoms with Crippen LogP contribution in [0.2, 0.25) is 10.0 Å². The van der Waals surface area contributed by atoms with Crippen LogP contribution in [0, 0.1) is 23.5 Å². The number of ether oxygens (including phenoxy) is 1. The number of benzene rings is 2. The first-order chi connectivity index (χ1) is 19.3. The lowest BCUT2D eigenvalue weighted by molar-refractivity contribution is -0.124. The predicted octanol–water partition coefficient (Wildman–Crippen LogP) is 5.23. The molecule has 8 nitrogen and oxygen atoms in total. The first-order valence-corrected chi connectivity index (χ1v) is 14.2. The summed E-state index contributed by atoms with van der Waals surface area (Å²) in [5, 5.41) is 7.94. The molecular formula is C29H36Cl2F2N4O4. The summed E-state index contributed by atoms with van der Waals surface area (Å²) in [6.45, 7) is 5.37. The summed E-state index contributed by atoms with van der Waals surface area (Å²) in [7, 11) is 0. The number of rotatable bonds is 9. The maximum atomic E-state index is 13.8. The topological polar surface area (TPSA) is 123 Å². The minimum atomic E-state index is -0.679. The second-order valence-corrected chi connectivity index (χ2v) is 12.0. The van der Waals surface area contributed by atoms with Gasteiger partial charge in [-0.25, -0.2) is 13.6 Å². The lowest BCUT2D eigenvalue weighted by Gasteiger charge is -2.23. The monoisotopic (exact) mass is 612 g/mol. The molecule has 2 aliphatic rings. The van der Waals surface area contributed by atoms with Crippen molar-refractivity contribution in [3.8, 4) is 0 Å². The molecule has 2 saturated carbocycles. The van der Waals surface area contributed by atoms with Crippen molar-refractivity contribution >= 4 is 41.1 Å². The van der Waals surface area contributed by atoms with Gasteiger partial charge in [-0.3, -0.25) is 9.59 Å². The first kappa shape index (κ1) is 32.6. The van der Waals surface area contributed by atoms with Crippen LogP contribution >= 0.6 is 23.2 Å². The number of nitrogens with one attached hydrogen (secondary N) is 3. The van der Waals surface area contributed by atoms with Gasteiger partial charge >= 0.3 is 6.09 Å². The van der Waals surface area contributed by atoms with Crippen LogP contribution in [0.5, 0.6) is 0 Å². The predicted molar refractivity (Wildman–Crippen MR) is 153 cm³/mol. The second-order valence-electron chi connectivity index (χ2n) is 11.2. The van der Waals surface area contributed by atoms with E-state index in [4.69, 9.17) is 33.7 Å². The Morgan fingerprint density at radius 1 is 0.878 bits per heavy atom. The number of hydrogen-bond donors (Lipinski definition) is 4. The number of nitrogens with two attached hydrogens (primary N) is 1. The number of carbonyl (C=O) groups is 3. The largest absolute Gasteiger partial charge is 0.444 e. The zero-order chi connectivity index (χ0) is 30.3. The minimum absolute atomic E-state index is 0.00441. The number of alkyl carbamates (subject to hydrolysis) is 1.